The van der Waals surface area contributed by atoms with E-state index in [0.717, 1.165) is 16.7 Å². The zero-order valence-corrected chi connectivity index (χ0v) is 13.3. The molecule has 1 aromatic carbocycles. The summed E-state index contributed by atoms with van der Waals surface area (Å²) in [5, 5.41) is 9.01. The maximum Gasteiger partial charge on any atom is 0.126 e. The molecule has 0 spiro atoms. The second kappa shape index (κ2) is 9.20. The SMILES string of the molecule is C=C(C#N)\C=C(/C(=C/C(C)=C/C=C\C)OC)c1ccccc1. The number of nitrogens with zero attached hydrogens (tertiary/aromatic N) is 1. The molecule has 0 aliphatic heterocycles. The van der Waals surface area contributed by atoms with Gasteiger partial charge >= 0.3 is 0 Å². The lowest BCUT2D eigenvalue weighted by molar-refractivity contribution is 0.310. The van der Waals surface area contributed by atoms with Gasteiger partial charge in [-0.1, -0.05) is 55.1 Å². The number of allylic oxidation sites excluding steroid dienone is 8. The first-order valence-electron chi connectivity index (χ1n) is 7.04. The van der Waals surface area contributed by atoms with Crippen molar-refractivity contribution >= 4 is 5.57 Å². The highest BCUT2D eigenvalue weighted by Gasteiger charge is 2.09. The number of hydrogen-bond donors (Lipinski definition) is 0. The molecule has 0 heterocycles. The molecule has 0 amide bonds. The molecule has 0 aromatic heterocycles. The molecule has 1 rings (SSSR count). The van der Waals surface area contributed by atoms with Gasteiger partial charge in [0.1, 0.15) is 5.76 Å². The van der Waals surface area contributed by atoms with E-state index < -0.39 is 0 Å². The van der Waals surface area contributed by atoms with Crippen LogP contribution in [0.4, 0.5) is 0 Å². The van der Waals surface area contributed by atoms with Crippen LogP contribution in [0.5, 0.6) is 0 Å². The lowest BCUT2D eigenvalue weighted by atomic mass is 10.0. The van der Waals surface area contributed by atoms with Gasteiger partial charge in [0.25, 0.3) is 0 Å². The minimum Gasteiger partial charge on any atom is -0.496 e. The maximum absolute atomic E-state index is 9.01. The number of hydrogen-bond acceptors (Lipinski definition) is 2. The lowest BCUT2D eigenvalue weighted by Crippen LogP contribution is -1.94. The Labute approximate surface area is 133 Å². The van der Waals surface area contributed by atoms with Crippen LogP contribution in [0, 0.1) is 11.3 Å². The standard InChI is InChI=1S/C20H21NO/c1-5-6-10-16(2)14-20(22-4)19(13-17(3)15-21)18-11-8-7-9-12-18/h5-14H,3H2,1-2,4H3/b6-5-,16-10+,19-13-,20-14-. The zero-order chi connectivity index (χ0) is 16.4. The highest BCUT2D eigenvalue weighted by atomic mass is 16.5. The van der Waals surface area contributed by atoms with Crippen molar-refractivity contribution in [1.82, 2.24) is 0 Å². The number of ether oxygens (including phenoxy) is 1. The predicted octanol–water partition coefficient (Wildman–Crippen LogP) is 5.20. The van der Waals surface area contributed by atoms with Crippen LogP contribution in [0.3, 0.4) is 0 Å². The fourth-order valence-electron chi connectivity index (χ4n) is 1.87. The van der Waals surface area contributed by atoms with Crippen LogP contribution in [0.25, 0.3) is 5.57 Å². The summed E-state index contributed by atoms with van der Waals surface area (Å²) in [6.45, 7) is 7.71. The fourth-order valence-corrected chi connectivity index (χ4v) is 1.87. The summed E-state index contributed by atoms with van der Waals surface area (Å²) in [5.74, 6) is 0.695. The van der Waals surface area contributed by atoms with Crippen LogP contribution < -0.4 is 0 Å². The minimum atomic E-state index is 0.386. The summed E-state index contributed by atoms with van der Waals surface area (Å²) in [6.07, 6.45) is 9.63. The molecule has 2 nitrogen and oxygen atoms in total. The van der Waals surface area contributed by atoms with Crippen molar-refractivity contribution in [2.24, 2.45) is 0 Å². The molecule has 1 aromatic rings. The van der Waals surface area contributed by atoms with Gasteiger partial charge < -0.3 is 4.74 Å². The lowest BCUT2D eigenvalue weighted by Gasteiger charge is -2.12. The Morgan fingerprint density at radius 3 is 2.45 bits per heavy atom. The first-order chi connectivity index (χ1) is 10.6. The van der Waals surface area contributed by atoms with Gasteiger partial charge in [0, 0.05) is 11.1 Å². The summed E-state index contributed by atoms with van der Waals surface area (Å²) >= 11 is 0. The fraction of sp³-hybridized carbons (Fsp3) is 0.150. The van der Waals surface area contributed by atoms with Crippen molar-refractivity contribution in [2.75, 3.05) is 7.11 Å². The summed E-state index contributed by atoms with van der Waals surface area (Å²) in [5.41, 5.74) is 3.25. The largest absolute Gasteiger partial charge is 0.496 e. The molecule has 0 N–H and O–H groups in total. The van der Waals surface area contributed by atoms with Crippen molar-refractivity contribution < 1.29 is 4.74 Å². The molecule has 112 valence electrons. The zero-order valence-electron chi connectivity index (χ0n) is 13.3. The van der Waals surface area contributed by atoms with E-state index in [0.29, 0.717) is 11.3 Å². The van der Waals surface area contributed by atoms with E-state index in [-0.39, 0.29) is 0 Å². The van der Waals surface area contributed by atoms with Gasteiger partial charge in [0.2, 0.25) is 0 Å². The van der Waals surface area contributed by atoms with Gasteiger partial charge in [-0.3, -0.25) is 0 Å². The summed E-state index contributed by atoms with van der Waals surface area (Å²) < 4.78 is 5.54. The summed E-state index contributed by atoms with van der Waals surface area (Å²) in [4.78, 5) is 0. The number of benzene rings is 1. The Kier molecular flexibility index (Phi) is 7.22. The molecule has 0 unspecified atom stereocenters. The molecule has 0 radical (unpaired) electrons. The molecule has 0 saturated carbocycles. The van der Waals surface area contributed by atoms with E-state index in [1.165, 1.54) is 0 Å². The Bertz CT molecular complexity index is 667. The van der Waals surface area contributed by atoms with Crippen LogP contribution >= 0.6 is 0 Å². The minimum absolute atomic E-state index is 0.386. The third kappa shape index (κ3) is 5.30. The van der Waals surface area contributed by atoms with Crippen LogP contribution in [-0.4, -0.2) is 7.11 Å². The van der Waals surface area contributed by atoms with Crippen molar-refractivity contribution in [1.29, 1.82) is 5.26 Å². The number of nitriles is 1. The van der Waals surface area contributed by atoms with Crippen molar-refractivity contribution in [3.8, 4) is 6.07 Å². The molecule has 22 heavy (non-hydrogen) atoms. The molecule has 0 bridgehead atoms. The van der Waals surface area contributed by atoms with E-state index >= 15 is 0 Å². The number of methoxy groups -OCH3 is 1. The van der Waals surface area contributed by atoms with Gasteiger partial charge in [-0.25, -0.2) is 0 Å². The average Bonchev–Trinajstić information content (AvgIpc) is 2.56. The van der Waals surface area contributed by atoms with E-state index in [1.54, 1.807) is 13.2 Å². The molecule has 0 saturated heterocycles. The maximum atomic E-state index is 9.01. The Morgan fingerprint density at radius 1 is 1.23 bits per heavy atom. The average molecular weight is 291 g/mol. The first kappa shape index (κ1) is 17.3. The smallest absolute Gasteiger partial charge is 0.126 e. The van der Waals surface area contributed by atoms with E-state index in [2.05, 4.69) is 12.6 Å². The molecule has 2 heteroatoms. The molecule has 0 atom stereocenters. The third-order valence-corrected chi connectivity index (χ3v) is 2.94. The molecular formula is C20H21NO. The highest BCUT2D eigenvalue weighted by molar-refractivity contribution is 5.80. The van der Waals surface area contributed by atoms with Gasteiger partial charge in [-0.05, 0) is 37.1 Å². The van der Waals surface area contributed by atoms with Crippen LogP contribution in [0.2, 0.25) is 0 Å². The molecule has 0 fully saturated rings. The second-order valence-corrected chi connectivity index (χ2v) is 4.71. The van der Waals surface area contributed by atoms with Gasteiger partial charge in [-0.15, -0.1) is 0 Å². The normalized spacial score (nSPS) is 13.1. The van der Waals surface area contributed by atoms with Gasteiger partial charge in [0.15, 0.2) is 0 Å². The van der Waals surface area contributed by atoms with Crippen molar-refractivity contribution in [2.45, 2.75) is 13.8 Å². The summed E-state index contributed by atoms with van der Waals surface area (Å²) in [6, 6.07) is 11.9. The second-order valence-electron chi connectivity index (χ2n) is 4.71. The number of rotatable bonds is 6. The van der Waals surface area contributed by atoms with Gasteiger partial charge in [0.05, 0.1) is 13.2 Å². The Balaban J connectivity index is 3.37. The van der Waals surface area contributed by atoms with Gasteiger partial charge in [-0.2, -0.15) is 5.26 Å². The van der Waals surface area contributed by atoms with Crippen molar-refractivity contribution in [3.63, 3.8) is 0 Å². The Hall–Kier alpha value is -2.79. The molecule has 0 aliphatic carbocycles. The predicted molar refractivity (Wildman–Crippen MR) is 92.8 cm³/mol. The Morgan fingerprint density at radius 2 is 1.91 bits per heavy atom. The first-order valence-corrected chi connectivity index (χ1v) is 7.04. The summed E-state index contributed by atoms with van der Waals surface area (Å²) in [7, 11) is 1.63. The topological polar surface area (TPSA) is 33.0 Å². The quantitative estimate of drug-likeness (QED) is 0.410. The highest BCUT2D eigenvalue weighted by Crippen LogP contribution is 2.26. The van der Waals surface area contributed by atoms with Crippen LogP contribution in [0.1, 0.15) is 19.4 Å². The van der Waals surface area contributed by atoms with Crippen LogP contribution in [-0.2, 0) is 4.74 Å². The van der Waals surface area contributed by atoms with E-state index in [9.17, 15) is 0 Å². The monoisotopic (exact) mass is 291 g/mol. The molecular weight excluding hydrogens is 270 g/mol. The van der Waals surface area contributed by atoms with E-state index in [1.807, 2.05) is 68.5 Å². The van der Waals surface area contributed by atoms with Crippen molar-refractivity contribution in [3.05, 3.63) is 89.8 Å². The van der Waals surface area contributed by atoms with E-state index in [4.69, 9.17) is 10.00 Å². The molecule has 0 aliphatic rings. The third-order valence-electron chi connectivity index (χ3n) is 2.94. The van der Waals surface area contributed by atoms with Crippen LogP contribution in [0.15, 0.2) is 84.2 Å².